The Morgan fingerprint density at radius 1 is 0.914 bits per heavy atom. The molecule has 4 rings (SSSR count). The van der Waals surface area contributed by atoms with Crippen LogP contribution in [0.1, 0.15) is 11.1 Å². The van der Waals surface area contributed by atoms with Crippen LogP contribution in [-0.4, -0.2) is 17.8 Å². The van der Waals surface area contributed by atoms with E-state index in [-0.39, 0.29) is 17.9 Å². The number of urea groups is 1. The molecule has 35 heavy (non-hydrogen) atoms. The first-order chi connectivity index (χ1) is 16.6. The van der Waals surface area contributed by atoms with Crippen molar-refractivity contribution >= 4 is 96.3 Å². The van der Waals surface area contributed by atoms with Gasteiger partial charge in [0.05, 0.1) is 14.6 Å². The summed E-state index contributed by atoms with van der Waals surface area (Å²) in [5, 5.41) is 3.53. The van der Waals surface area contributed by atoms with Gasteiger partial charge in [0.1, 0.15) is 17.9 Å². The van der Waals surface area contributed by atoms with Crippen LogP contribution in [0.5, 0.6) is 5.75 Å². The summed E-state index contributed by atoms with van der Waals surface area (Å²) < 4.78 is 7.04. The van der Waals surface area contributed by atoms with Gasteiger partial charge in [-0.25, -0.2) is 9.69 Å². The lowest BCUT2D eigenvalue weighted by Gasteiger charge is -2.26. The topological polar surface area (TPSA) is 75.7 Å². The molecule has 1 aliphatic heterocycles. The lowest BCUT2D eigenvalue weighted by Crippen LogP contribution is -2.54. The minimum atomic E-state index is -0.855. The molecule has 6 nitrogen and oxygen atoms in total. The van der Waals surface area contributed by atoms with Crippen LogP contribution >= 0.6 is 66.7 Å². The van der Waals surface area contributed by atoms with E-state index in [4.69, 9.17) is 39.5 Å². The van der Waals surface area contributed by atoms with Crippen LogP contribution in [0.2, 0.25) is 15.1 Å². The van der Waals surface area contributed by atoms with Gasteiger partial charge in [-0.3, -0.25) is 14.9 Å². The van der Waals surface area contributed by atoms with Crippen molar-refractivity contribution in [2.45, 2.75) is 6.61 Å². The first-order valence-corrected chi connectivity index (χ1v) is 12.6. The van der Waals surface area contributed by atoms with Crippen LogP contribution in [0.3, 0.4) is 0 Å². The highest BCUT2D eigenvalue weighted by atomic mass is 79.9. The summed E-state index contributed by atoms with van der Waals surface area (Å²) in [5.74, 6) is -1.08. The van der Waals surface area contributed by atoms with Crippen molar-refractivity contribution in [1.82, 2.24) is 5.32 Å². The van der Waals surface area contributed by atoms with Gasteiger partial charge in [0.25, 0.3) is 11.8 Å². The maximum absolute atomic E-state index is 13.1. The number of hydrogen-bond donors (Lipinski definition) is 1. The summed E-state index contributed by atoms with van der Waals surface area (Å²) in [5.41, 5.74) is 1.28. The van der Waals surface area contributed by atoms with Crippen molar-refractivity contribution in [3.63, 3.8) is 0 Å². The van der Waals surface area contributed by atoms with E-state index in [9.17, 15) is 14.4 Å². The van der Waals surface area contributed by atoms with E-state index in [0.717, 1.165) is 10.5 Å². The lowest BCUT2D eigenvalue weighted by atomic mass is 10.1. The Kier molecular flexibility index (Phi) is 7.88. The number of carbonyl (C=O) groups is 3. The smallest absolute Gasteiger partial charge is 0.335 e. The largest absolute Gasteiger partial charge is 0.486 e. The first-order valence-electron chi connectivity index (χ1n) is 9.87. The molecule has 4 amide bonds. The molecule has 1 heterocycles. The van der Waals surface area contributed by atoms with Crippen molar-refractivity contribution in [1.29, 1.82) is 0 Å². The van der Waals surface area contributed by atoms with Crippen LogP contribution in [0.15, 0.2) is 69.1 Å². The fourth-order valence-corrected chi connectivity index (χ4v) is 5.36. The summed E-state index contributed by atoms with van der Waals surface area (Å²) in [6.45, 7) is 0.186. The number of nitrogens with one attached hydrogen (secondary N) is 1. The number of benzene rings is 3. The maximum Gasteiger partial charge on any atom is 0.335 e. The molecule has 0 aromatic heterocycles. The number of nitrogens with zero attached hydrogens (tertiary/aromatic N) is 1. The number of anilines is 1. The van der Waals surface area contributed by atoms with Crippen LogP contribution in [0.25, 0.3) is 6.08 Å². The number of imide groups is 2. The number of rotatable bonds is 5. The Balaban J connectivity index is 1.61. The number of hydrogen-bond acceptors (Lipinski definition) is 4. The molecule has 11 heteroatoms. The van der Waals surface area contributed by atoms with Crippen LogP contribution in [0.4, 0.5) is 10.5 Å². The average molecular weight is 660 g/mol. The number of ether oxygens (including phenoxy) is 1. The van der Waals surface area contributed by atoms with Gasteiger partial charge in [-0.05, 0) is 86.0 Å². The Bertz CT molecular complexity index is 1390. The SMILES string of the molecule is O=C1NC(=O)N(c2cccc(Cl)c2)C(=O)/C1=C/c1cc(Br)c(OCc2ccc(Cl)cc2Cl)c(Br)c1. The molecule has 0 saturated carbocycles. The van der Waals surface area contributed by atoms with Crippen molar-refractivity contribution in [2.24, 2.45) is 0 Å². The Morgan fingerprint density at radius 2 is 1.60 bits per heavy atom. The Morgan fingerprint density at radius 3 is 2.26 bits per heavy atom. The molecule has 3 aromatic carbocycles. The van der Waals surface area contributed by atoms with Gasteiger partial charge in [0.15, 0.2) is 0 Å². The van der Waals surface area contributed by atoms with Crippen molar-refractivity contribution < 1.29 is 19.1 Å². The minimum absolute atomic E-state index is 0.186. The van der Waals surface area contributed by atoms with E-state index in [1.807, 2.05) is 0 Å². The molecule has 1 fully saturated rings. The highest BCUT2D eigenvalue weighted by molar-refractivity contribution is 9.11. The second-order valence-electron chi connectivity index (χ2n) is 7.28. The van der Waals surface area contributed by atoms with Gasteiger partial charge < -0.3 is 4.74 Å². The number of barbiturate groups is 1. The Labute approximate surface area is 232 Å². The molecule has 1 saturated heterocycles. The van der Waals surface area contributed by atoms with Gasteiger partial charge in [-0.15, -0.1) is 0 Å². The molecule has 0 bridgehead atoms. The fraction of sp³-hybridized carbons (Fsp3) is 0.0417. The van der Waals surface area contributed by atoms with E-state index < -0.39 is 17.8 Å². The predicted molar refractivity (Wildman–Crippen MR) is 143 cm³/mol. The molecule has 0 aliphatic carbocycles. The molecule has 0 unspecified atom stereocenters. The second kappa shape index (κ2) is 10.7. The summed E-state index contributed by atoms with van der Waals surface area (Å²) in [7, 11) is 0. The molecule has 178 valence electrons. The van der Waals surface area contributed by atoms with Gasteiger partial charge in [0, 0.05) is 20.6 Å². The van der Waals surface area contributed by atoms with Crippen LogP contribution in [-0.2, 0) is 16.2 Å². The summed E-state index contributed by atoms with van der Waals surface area (Å²) in [6.07, 6.45) is 1.39. The monoisotopic (exact) mass is 656 g/mol. The quantitative estimate of drug-likeness (QED) is 0.229. The maximum atomic E-state index is 13.1. The standard InChI is InChI=1S/C24H13Br2Cl3N2O4/c25-18-7-12(8-19(26)21(18)35-11-13-4-5-15(28)10-20(13)29)6-17-22(32)30-24(34)31(23(17)33)16-3-1-2-14(27)9-16/h1-10H,11H2,(H,30,32,34)/b17-6+. The third-order valence-electron chi connectivity index (χ3n) is 4.89. The van der Waals surface area contributed by atoms with Gasteiger partial charge in [0.2, 0.25) is 0 Å². The van der Waals surface area contributed by atoms with E-state index >= 15 is 0 Å². The van der Waals surface area contributed by atoms with E-state index in [1.54, 1.807) is 48.5 Å². The zero-order chi connectivity index (χ0) is 25.3. The zero-order valence-corrected chi connectivity index (χ0v) is 22.9. The second-order valence-corrected chi connectivity index (χ2v) is 10.3. The first kappa shape index (κ1) is 25.7. The third-order valence-corrected chi connectivity index (χ3v) is 6.89. The average Bonchev–Trinajstić information content (AvgIpc) is 2.77. The highest BCUT2D eigenvalue weighted by Gasteiger charge is 2.37. The minimum Gasteiger partial charge on any atom is -0.486 e. The zero-order valence-electron chi connectivity index (χ0n) is 17.5. The van der Waals surface area contributed by atoms with E-state index in [2.05, 4.69) is 37.2 Å². The van der Waals surface area contributed by atoms with Crippen LogP contribution < -0.4 is 15.0 Å². The molecular formula is C24H13Br2Cl3N2O4. The third kappa shape index (κ3) is 5.73. The normalized spacial score (nSPS) is 14.9. The number of halogens is 5. The predicted octanol–water partition coefficient (Wildman–Crippen LogP) is 7.42. The van der Waals surface area contributed by atoms with Crippen LogP contribution in [0, 0.1) is 0 Å². The lowest BCUT2D eigenvalue weighted by molar-refractivity contribution is -0.122. The van der Waals surface area contributed by atoms with E-state index in [0.29, 0.717) is 35.3 Å². The van der Waals surface area contributed by atoms with Crippen molar-refractivity contribution in [2.75, 3.05) is 4.90 Å². The molecule has 3 aromatic rings. The number of carbonyl (C=O) groups excluding carboxylic acids is 3. The van der Waals surface area contributed by atoms with Crippen molar-refractivity contribution in [3.05, 3.63) is 95.3 Å². The molecular weight excluding hydrogens is 646 g/mol. The molecule has 0 atom stereocenters. The molecule has 0 spiro atoms. The summed E-state index contributed by atoms with van der Waals surface area (Å²) in [4.78, 5) is 38.8. The molecule has 1 aliphatic rings. The van der Waals surface area contributed by atoms with E-state index in [1.165, 1.54) is 12.1 Å². The molecule has 1 N–H and O–H groups in total. The van der Waals surface area contributed by atoms with Crippen molar-refractivity contribution in [3.8, 4) is 5.75 Å². The fourth-order valence-electron chi connectivity index (χ4n) is 3.26. The van der Waals surface area contributed by atoms with Gasteiger partial charge >= 0.3 is 6.03 Å². The van der Waals surface area contributed by atoms with Gasteiger partial charge in [-0.2, -0.15) is 0 Å². The Hall–Kier alpha value is -2.36. The summed E-state index contributed by atoms with van der Waals surface area (Å²) in [6, 6.07) is 13.8. The summed E-state index contributed by atoms with van der Waals surface area (Å²) >= 11 is 25.1. The van der Waals surface area contributed by atoms with Gasteiger partial charge in [-0.1, -0.05) is 46.9 Å². The highest BCUT2D eigenvalue weighted by Crippen LogP contribution is 2.37. The number of amides is 4. The molecule has 0 radical (unpaired) electrons.